The Morgan fingerprint density at radius 3 is 2.53 bits per heavy atom. The fraction of sp³-hybridized carbons (Fsp3) is 0.273. The van der Waals surface area contributed by atoms with E-state index in [1.54, 1.807) is 19.1 Å². The summed E-state index contributed by atoms with van der Waals surface area (Å²) in [6.07, 6.45) is 1.58. The summed E-state index contributed by atoms with van der Waals surface area (Å²) in [4.78, 5) is 22.0. The van der Waals surface area contributed by atoms with Crippen LogP contribution in [0.5, 0.6) is 0 Å². The molecule has 0 unspecified atom stereocenters. The van der Waals surface area contributed by atoms with E-state index >= 15 is 0 Å². The lowest BCUT2D eigenvalue weighted by molar-refractivity contribution is -0.113. The van der Waals surface area contributed by atoms with Crippen molar-refractivity contribution in [2.24, 2.45) is 0 Å². The Morgan fingerprint density at radius 2 is 2.00 bits per heavy atom. The normalized spacial score (nSPS) is 11.3. The molecular weight excluding hydrogens is 196 g/mol. The Hall–Kier alpha value is -1.84. The van der Waals surface area contributed by atoms with Crippen molar-refractivity contribution in [3.8, 4) is 0 Å². The fourth-order valence-electron chi connectivity index (χ4n) is 0.956. The summed E-state index contributed by atoms with van der Waals surface area (Å²) in [5, 5.41) is 0. The third-order valence-corrected chi connectivity index (χ3v) is 1.93. The van der Waals surface area contributed by atoms with Crippen LogP contribution in [0, 0.1) is 0 Å². The van der Waals surface area contributed by atoms with Crippen LogP contribution < -0.4 is 0 Å². The van der Waals surface area contributed by atoms with Gasteiger partial charge < -0.3 is 9.15 Å². The maximum atomic E-state index is 11.0. The predicted molar refractivity (Wildman–Crippen MR) is 54.4 cm³/mol. The van der Waals surface area contributed by atoms with Gasteiger partial charge in [-0.2, -0.15) is 0 Å². The zero-order valence-electron chi connectivity index (χ0n) is 8.87. The van der Waals surface area contributed by atoms with E-state index in [2.05, 4.69) is 4.74 Å². The molecule has 15 heavy (non-hydrogen) atoms. The molecule has 0 fully saturated rings. The molecule has 1 heterocycles. The highest BCUT2D eigenvalue weighted by Crippen LogP contribution is 2.13. The molecule has 4 nitrogen and oxygen atoms in total. The van der Waals surface area contributed by atoms with Gasteiger partial charge in [-0.3, -0.25) is 4.79 Å². The van der Waals surface area contributed by atoms with Crippen molar-refractivity contribution < 1.29 is 18.7 Å². The van der Waals surface area contributed by atoms with Crippen LogP contribution in [0.25, 0.3) is 6.08 Å². The fourth-order valence-corrected chi connectivity index (χ4v) is 0.956. The number of carbonyl (C=O) groups is 2. The van der Waals surface area contributed by atoms with Crippen LogP contribution in [0.15, 0.2) is 22.1 Å². The molecule has 0 spiro atoms. The number of ketones is 1. The van der Waals surface area contributed by atoms with Crippen molar-refractivity contribution >= 4 is 17.8 Å². The lowest BCUT2D eigenvalue weighted by Gasteiger charge is -1.93. The molecule has 1 rings (SSSR count). The molecule has 0 bridgehead atoms. The summed E-state index contributed by atoms with van der Waals surface area (Å²) in [7, 11) is 1.28. The van der Waals surface area contributed by atoms with E-state index < -0.39 is 5.97 Å². The molecule has 0 radical (unpaired) electrons. The van der Waals surface area contributed by atoms with Crippen molar-refractivity contribution in [2.75, 3.05) is 7.11 Å². The van der Waals surface area contributed by atoms with Gasteiger partial charge in [0.1, 0.15) is 5.76 Å². The molecule has 0 saturated heterocycles. The summed E-state index contributed by atoms with van der Waals surface area (Å²) in [6.45, 7) is 3.15. The van der Waals surface area contributed by atoms with Gasteiger partial charge in [-0.05, 0) is 37.6 Å². The monoisotopic (exact) mass is 208 g/mol. The minimum Gasteiger partial charge on any atom is -0.463 e. The zero-order valence-corrected chi connectivity index (χ0v) is 8.87. The van der Waals surface area contributed by atoms with Crippen molar-refractivity contribution in [1.29, 1.82) is 0 Å². The summed E-state index contributed by atoms with van der Waals surface area (Å²) in [6, 6.07) is 3.11. The molecular formula is C11H12O4. The number of rotatable bonds is 3. The number of allylic oxidation sites excluding steroid dienone is 1. The minimum absolute atomic E-state index is 0.0361. The van der Waals surface area contributed by atoms with Gasteiger partial charge in [0.2, 0.25) is 5.76 Å². The Morgan fingerprint density at radius 1 is 1.33 bits per heavy atom. The predicted octanol–water partition coefficient (Wildman–Crippen LogP) is 2.06. The third kappa shape index (κ3) is 2.80. The van der Waals surface area contributed by atoms with Crippen LogP contribution in [0.1, 0.15) is 30.2 Å². The molecule has 0 aliphatic carbocycles. The molecule has 1 aromatic rings. The molecule has 0 aliphatic heterocycles. The van der Waals surface area contributed by atoms with Crippen molar-refractivity contribution in [3.05, 3.63) is 29.2 Å². The van der Waals surface area contributed by atoms with E-state index in [1.807, 2.05) is 0 Å². The van der Waals surface area contributed by atoms with E-state index in [0.717, 1.165) is 0 Å². The largest absolute Gasteiger partial charge is 0.463 e. The molecule has 0 saturated carbocycles. The standard InChI is InChI=1S/C11H12O4/c1-7(8(2)12)6-9-4-5-10(15-9)11(13)14-3/h4-6H,1-3H3/b7-6-. The Labute approximate surface area is 87.5 Å². The van der Waals surface area contributed by atoms with Gasteiger partial charge in [-0.25, -0.2) is 4.79 Å². The highest BCUT2D eigenvalue weighted by molar-refractivity contribution is 5.96. The molecule has 0 atom stereocenters. The quantitative estimate of drug-likeness (QED) is 0.563. The average Bonchev–Trinajstić information content (AvgIpc) is 2.65. The number of hydrogen-bond acceptors (Lipinski definition) is 4. The highest BCUT2D eigenvalue weighted by Gasteiger charge is 2.10. The summed E-state index contributed by atoms with van der Waals surface area (Å²) in [5.41, 5.74) is 0.570. The van der Waals surface area contributed by atoms with Crippen molar-refractivity contribution in [1.82, 2.24) is 0 Å². The number of furan rings is 1. The van der Waals surface area contributed by atoms with Gasteiger partial charge >= 0.3 is 5.97 Å². The maximum absolute atomic E-state index is 11.0. The SMILES string of the molecule is COC(=O)c1ccc(/C=C(/C)C(C)=O)o1. The van der Waals surface area contributed by atoms with Crippen LogP contribution in [0.2, 0.25) is 0 Å². The lowest BCUT2D eigenvalue weighted by atomic mass is 10.2. The summed E-state index contributed by atoms with van der Waals surface area (Å²) >= 11 is 0. The van der Waals surface area contributed by atoms with Gasteiger partial charge in [0, 0.05) is 0 Å². The van der Waals surface area contributed by atoms with Gasteiger partial charge in [-0.1, -0.05) is 0 Å². The first-order valence-corrected chi connectivity index (χ1v) is 4.42. The van der Waals surface area contributed by atoms with Crippen LogP contribution in [-0.2, 0) is 9.53 Å². The molecule has 0 amide bonds. The number of ether oxygens (including phenoxy) is 1. The number of methoxy groups -OCH3 is 1. The molecule has 1 aromatic heterocycles. The smallest absolute Gasteiger partial charge is 0.373 e. The van der Waals surface area contributed by atoms with Crippen LogP contribution >= 0.6 is 0 Å². The second-order valence-corrected chi connectivity index (χ2v) is 3.08. The van der Waals surface area contributed by atoms with Gasteiger partial charge in [0.15, 0.2) is 5.78 Å². The van der Waals surface area contributed by atoms with Crippen LogP contribution in [0.3, 0.4) is 0 Å². The Bertz CT molecular complexity index is 412. The lowest BCUT2D eigenvalue weighted by Crippen LogP contribution is -1.98. The number of hydrogen-bond donors (Lipinski definition) is 0. The molecule has 80 valence electrons. The van der Waals surface area contributed by atoms with Gasteiger partial charge in [0.25, 0.3) is 0 Å². The molecule has 4 heteroatoms. The first kappa shape index (κ1) is 11.2. The Kier molecular flexibility index (Phi) is 3.44. The van der Waals surface area contributed by atoms with E-state index in [9.17, 15) is 9.59 Å². The van der Waals surface area contributed by atoms with E-state index in [0.29, 0.717) is 11.3 Å². The summed E-state index contributed by atoms with van der Waals surface area (Å²) in [5.74, 6) is 0.0179. The average molecular weight is 208 g/mol. The molecule has 0 aliphatic rings. The van der Waals surface area contributed by atoms with Crippen molar-refractivity contribution in [2.45, 2.75) is 13.8 Å². The Balaban J connectivity index is 2.90. The number of Topliss-reactive ketones (excluding diaryl/α,β-unsaturated/α-hetero) is 1. The summed E-state index contributed by atoms with van der Waals surface area (Å²) < 4.78 is 9.64. The minimum atomic E-state index is -0.532. The van der Waals surface area contributed by atoms with Crippen LogP contribution in [-0.4, -0.2) is 18.9 Å². The number of esters is 1. The first-order chi connectivity index (χ1) is 7.04. The van der Waals surface area contributed by atoms with Gasteiger partial charge in [0.05, 0.1) is 7.11 Å². The first-order valence-electron chi connectivity index (χ1n) is 4.42. The second kappa shape index (κ2) is 4.59. The van der Waals surface area contributed by atoms with E-state index in [-0.39, 0.29) is 11.5 Å². The zero-order chi connectivity index (χ0) is 11.4. The number of carbonyl (C=O) groups excluding carboxylic acids is 2. The maximum Gasteiger partial charge on any atom is 0.373 e. The molecule has 0 N–H and O–H groups in total. The highest BCUT2D eigenvalue weighted by atomic mass is 16.5. The molecule has 0 aromatic carbocycles. The van der Waals surface area contributed by atoms with Crippen molar-refractivity contribution in [3.63, 3.8) is 0 Å². The van der Waals surface area contributed by atoms with Gasteiger partial charge in [-0.15, -0.1) is 0 Å². The second-order valence-electron chi connectivity index (χ2n) is 3.08. The van der Waals surface area contributed by atoms with E-state index in [1.165, 1.54) is 20.1 Å². The topological polar surface area (TPSA) is 56.5 Å². The third-order valence-electron chi connectivity index (χ3n) is 1.93. The van der Waals surface area contributed by atoms with Crippen LogP contribution in [0.4, 0.5) is 0 Å². The van der Waals surface area contributed by atoms with E-state index in [4.69, 9.17) is 4.42 Å².